The van der Waals surface area contributed by atoms with E-state index in [9.17, 15) is 15.0 Å². The van der Waals surface area contributed by atoms with E-state index in [2.05, 4.69) is 52.9 Å². The molecule has 0 heterocycles. The third kappa shape index (κ3) is 6.85. The third-order valence-corrected chi connectivity index (χ3v) is 5.06. The molecule has 5 heteroatoms. The van der Waals surface area contributed by atoms with Gasteiger partial charge < -0.3 is 20.3 Å². The van der Waals surface area contributed by atoms with Gasteiger partial charge >= 0.3 is 6.09 Å². The molecule has 0 bridgehead atoms. The molecule has 2 rings (SSSR count). The van der Waals surface area contributed by atoms with Crippen molar-refractivity contribution >= 4 is 6.09 Å². The number of aliphatic hydroxyl groups is 2. The van der Waals surface area contributed by atoms with E-state index in [0.29, 0.717) is 5.56 Å². The first kappa shape index (κ1) is 23.9. The van der Waals surface area contributed by atoms with Crippen LogP contribution in [-0.4, -0.2) is 29.0 Å². The minimum Gasteiger partial charge on any atom is -0.445 e. The number of ether oxygens (including phenoxy) is 1. The largest absolute Gasteiger partial charge is 0.445 e. The van der Waals surface area contributed by atoms with Gasteiger partial charge in [-0.05, 0) is 33.1 Å². The third-order valence-electron chi connectivity index (χ3n) is 5.06. The number of hydrogen-bond donors (Lipinski definition) is 3. The number of alkyl carbamates (subject to hydrolysis) is 1. The molecule has 0 aromatic heterocycles. The molecule has 2 aromatic rings. The summed E-state index contributed by atoms with van der Waals surface area (Å²) in [5.74, 6) is 0. The van der Waals surface area contributed by atoms with E-state index in [1.807, 2.05) is 42.5 Å². The maximum atomic E-state index is 11.9. The first-order chi connectivity index (χ1) is 13.9. The zero-order valence-corrected chi connectivity index (χ0v) is 18.9. The van der Waals surface area contributed by atoms with E-state index >= 15 is 0 Å². The Kier molecular flexibility index (Phi) is 7.67. The van der Waals surface area contributed by atoms with E-state index in [1.54, 1.807) is 0 Å². The first-order valence-corrected chi connectivity index (χ1v) is 10.3. The Morgan fingerprint density at radius 3 is 1.97 bits per heavy atom. The van der Waals surface area contributed by atoms with E-state index in [1.165, 1.54) is 0 Å². The number of nitrogens with one attached hydrogen (secondary N) is 1. The number of carbonyl (C=O) groups excluding carboxylic acids is 1. The predicted octanol–water partition coefficient (Wildman–Crippen LogP) is 4.60. The van der Waals surface area contributed by atoms with Crippen LogP contribution in [0.4, 0.5) is 4.79 Å². The van der Waals surface area contributed by atoms with Crippen LogP contribution < -0.4 is 5.32 Å². The first-order valence-electron chi connectivity index (χ1n) is 10.3. The zero-order chi connectivity index (χ0) is 22.5. The van der Waals surface area contributed by atoms with E-state index < -0.39 is 18.3 Å². The van der Waals surface area contributed by atoms with Crippen molar-refractivity contribution in [2.75, 3.05) is 6.54 Å². The van der Waals surface area contributed by atoms with Crippen molar-refractivity contribution in [2.45, 2.75) is 71.2 Å². The van der Waals surface area contributed by atoms with Crippen molar-refractivity contribution in [3.63, 3.8) is 0 Å². The summed E-state index contributed by atoms with van der Waals surface area (Å²) in [5, 5.41) is 23.7. The maximum absolute atomic E-state index is 11.9. The van der Waals surface area contributed by atoms with Crippen molar-refractivity contribution in [1.82, 2.24) is 5.32 Å². The summed E-state index contributed by atoms with van der Waals surface area (Å²) in [7, 11) is 0. The Bertz CT molecular complexity index is 802. The summed E-state index contributed by atoms with van der Waals surface area (Å²) < 4.78 is 5.15. The number of amides is 1. The van der Waals surface area contributed by atoms with Gasteiger partial charge in [-0.1, -0.05) is 90.1 Å². The molecule has 2 aromatic carbocycles. The second-order valence-electron chi connectivity index (χ2n) is 9.80. The van der Waals surface area contributed by atoms with Crippen LogP contribution in [0.25, 0.3) is 0 Å². The van der Waals surface area contributed by atoms with Gasteiger partial charge in [0.2, 0.25) is 0 Å². The van der Waals surface area contributed by atoms with Gasteiger partial charge in [0.15, 0.2) is 0 Å². The van der Waals surface area contributed by atoms with Gasteiger partial charge in [-0.2, -0.15) is 0 Å². The van der Waals surface area contributed by atoms with E-state index in [-0.39, 0.29) is 24.0 Å². The molecule has 1 amide bonds. The summed E-state index contributed by atoms with van der Waals surface area (Å²) in [6.45, 7) is 12.7. The van der Waals surface area contributed by atoms with Crippen molar-refractivity contribution in [2.24, 2.45) is 0 Å². The number of benzene rings is 2. The lowest BCUT2D eigenvalue weighted by Crippen LogP contribution is -2.36. The summed E-state index contributed by atoms with van der Waals surface area (Å²) in [5.41, 5.74) is 3.50. The van der Waals surface area contributed by atoms with Crippen LogP contribution in [0.2, 0.25) is 0 Å². The summed E-state index contributed by atoms with van der Waals surface area (Å²) >= 11 is 0. The molecular formula is C25H35NO4. The van der Waals surface area contributed by atoms with Crippen molar-refractivity contribution in [3.05, 3.63) is 70.8 Å². The molecule has 30 heavy (non-hydrogen) atoms. The highest BCUT2D eigenvalue weighted by Gasteiger charge is 2.25. The Hall–Kier alpha value is -2.37. The molecule has 0 aliphatic carbocycles. The minimum atomic E-state index is -1.16. The molecule has 5 nitrogen and oxygen atoms in total. The second kappa shape index (κ2) is 9.63. The van der Waals surface area contributed by atoms with Crippen LogP contribution in [0.3, 0.4) is 0 Å². The highest BCUT2D eigenvalue weighted by atomic mass is 16.5. The van der Waals surface area contributed by atoms with Gasteiger partial charge in [0.25, 0.3) is 0 Å². The molecule has 0 saturated heterocycles. The molecule has 3 N–H and O–H groups in total. The fourth-order valence-corrected chi connectivity index (χ4v) is 2.98. The Balaban J connectivity index is 2.04. The van der Waals surface area contributed by atoms with Gasteiger partial charge in [-0.25, -0.2) is 4.79 Å². The van der Waals surface area contributed by atoms with Crippen molar-refractivity contribution in [1.29, 1.82) is 0 Å². The maximum Gasteiger partial charge on any atom is 0.407 e. The average molecular weight is 414 g/mol. The van der Waals surface area contributed by atoms with Crippen molar-refractivity contribution < 1.29 is 19.7 Å². The molecule has 0 aliphatic heterocycles. The summed E-state index contributed by atoms with van der Waals surface area (Å²) in [6, 6.07) is 15.4. The molecule has 2 unspecified atom stereocenters. The minimum absolute atomic E-state index is 0.0970. The lowest BCUT2D eigenvalue weighted by Gasteiger charge is -2.28. The highest BCUT2D eigenvalue weighted by Crippen LogP contribution is 2.32. The van der Waals surface area contributed by atoms with Crippen molar-refractivity contribution in [3.8, 4) is 0 Å². The summed E-state index contributed by atoms with van der Waals surface area (Å²) in [4.78, 5) is 11.9. The van der Waals surface area contributed by atoms with Gasteiger partial charge in [0.05, 0.1) is 0 Å². The normalized spacial score (nSPS) is 14.1. The van der Waals surface area contributed by atoms with Crippen LogP contribution in [0.5, 0.6) is 0 Å². The predicted molar refractivity (Wildman–Crippen MR) is 119 cm³/mol. The molecule has 0 radical (unpaired) electrons. The van der Waals surface area contributed by atoms with Crippen LogP contribution >= 0.6 is 0 Å². The van der Waals surface area contributed by atoms with Crippen LogP contribution in [0, 0.1) is 0 Å². The van der Waals surface area contributed by atoms with Crippen LogP contribution in [0.1, 0.15) is 69.9 Å². The number of rotatable bonds is 6. The van der Waals surface area contributed by atoms with Gasteiger partial charge in [-0.15, -0.1) is 0 Å². The molecule has 164 valence electrons. The number of aliphatic hydroxyl groups excluding tert-OH is 2. The number of carbonyl (C=O) groups is 1. The molecule has 0 spiro atoms. The fourth-order valence-electron chi connectivity index (χ4n) is 2.98. The standard InChI is InChI=1S/C25H35NO4/c1-24(2,3)19-12-18(13-20(14-19)25(4,5)6)22(28)21(27)15-26-23(29)30-16-17-10-8-7-9-11-17/h7-14,21-22,27-28H,15-16H2,1-6H3,(H,26,29). The number of hydrogen-bond acceptors (Lipinski definition) is 4. The average Bonchev–Trinajstić information content (AvgIpc) is 2.69. The molecule has 0 aliphatic rings. The monoisotopic (exact) mass is 413 g/mol. The van der Waals surface area contributed by atoms with E-state index in [0.717, 1.165) is 16.7 Å². The molecule has 0 fully saturated rings. The van der Waals surface area contributed by atoms with Gasteiger partial charge in [-0.3, -0.25) is 0 Å². The smallest absolute Gasteiger partial charge is 0.407 e. The van der Waals surface area contributed by atoms with Crippen LogP contribution in [-0.2, 0) is 22.2 Å². The molecule has 0 saturated carbocycles. The lowest BCUT2D eigenvalue weighted by atomic mass is 9.79. The van der Waals surface area contributed by atoms with Gasteiger partial charge in [0.1, 0.15) is 18.8 Å². The highest BCUT2D eigenvalue weighted by molar-refractivity contribution is 5.67. The SMILES string of the molecule is CC(C)(C)c1cc(C(O)C(O)CNC(=O)OCc2ccccc2)cc(C(C)(C)C)c1. The summed E-state index contributed by atoms with van der Waals surface area (Å²) in [6.07, 6.45) is -2.91. The fraction of sp³-hybridized carbons (Fsp3) is 0.480. The van der Waals surface area contributed by atoms with Crippen LogP contribution in [0.15, 0.2) is 48.5 Å². The lowest BCUT2D eigenvalue weighted by molar-refractivity contribution is 0.0182. The Labute approximate surface area is 180 Å². The molecular weight excluding hydrogens is 378 g/mol. The quantitative estimate of drug-likeness (QED) is 0.647. The topological polar surface area (TPSA) is 78.8 Å². The van der Waals surface area contributed by atoms with Gasteiger partial charge in [0, 0.05) is 6.54 Å². The molecule has 2 atom stereocenters. The zero-order valence-electron chi connectivity index (χ0n) is 18.9. The Morgan fingerprint density at radius 2 is 1.47 bits per heavy atom. The second-order valence-corrected chi connectivity index (χ2v) is 9.80. The Morgan fingerprint density at radius 1 is 0.933 bits per heavy atom. The van der Waals surface area contributed by atoms with E-state index in [4.69, 9.17) is 4.74 Å².